The van der Waals surface area contributed by atoms with E-state index in [0.717, 1.165) is 11.8 Å². The average Bonchev–Trinajstić information content (AvgIpc) is 3.13. The normalized spacial score (nSPS) is 21.6. The lowest BCUT2D eigenvalue weighted by atomic mass is 9.78. The Morgan fingerprint density at radius 3 is 1.92 bits per heavy atom. The van der Waals surface area contributed by atoms with Gasteiger partial charge in [0, 0.05) is 19.2 Å². The highest BCUT2D eigenvalue weighted by Crippen LogP contribution is 2.37. The summed E-state index contributed by atoms with van der Waals surface area (Å²) in [5.74, 6) is 2.06. The topological polar surface area (TPSA) is 0 Å². The summed E-state index contributed by atoms with van der Waals surface area (Å²) in [4.78, 5) is 3.20. The SMILES string of the molecule is CCCCC[C@H]1CC[C@H](CCc2cc3sc(CCC)cc3s2)CC1. The average molecular weight is 363 g/mol. The summed E-state index contributed by atoms with van der Waals surface area (Å²) in [6.07, 6.45) is 17.1. The highest BCUT2D eigenvalue weighted by atomic mass is 32.1. The monoisotopic (exact) mass is 362 g/mol. The van der Waals surface area contributed by atoms with E-state index in [2.05, 4.69) is 37.3 Å². The maximum absolute atomic E-state index is 2.49. The molecule has 1 saturated carbocycles. The van der Waals surface area contributed by atoms with Gasteiger partial charge in [0.1, 0.15) is 0 Å². The summed E-state index contributed by atoms with van der Waals surface area (Å²) in [6, 6.07) is 4.93. The number of aryl methyl sites for hydroxylation is 2. The molecule has 0 aliphatic heterocycles. The molecule has 1 aliphatic carbocycles. The molecule has 0 radical (unpaired) electrons. The van der Waals surface area contributed by atoms with Gasteiger partial charge < -0.3 is 0 Å². The Morgan fingerprint density at radius 2 is 1.33 bits per heavy atom. The Balaban J connectivity index is 1.41. The molecule has 0 saturated heterocycles. The minimum Gasteiger partial charge on any atom is -0.139 e. The summed E-state index contributed by atoms with van der Waals surface area (Å²) in [7, 11) is 0. The zero-order valence-electron chi connectivity index (χ0n) is 15.6. The van der Waals surface area contributed by atoms with Crippen molar-refractivity contribution in [2.24, 2.45) is 11.8 Å². The molecule has 0 unspecified atom stereocenters. The number of hydrogen-bond acceptors (Lipinski definition) is 2. The van der Waals surface area contributed by atoms with Crippen LogP contribution in [0.3, 0.4) is 0 Å². The lowest BCUT2D eigenvalue weighted by molar-refractivity contribution is 0.249. The first-order valence-electron chi connectivity index (χ1n) is 10.3. The van der Waals surface area contributed by atoms with Crippen LogP contribution in [0.25, 0.3) is 9.40 Å². The van der Waals surface area contributed by atoms with Crippen molar-refractivity contribution in [1.82, 2.24) is 0 Å². The molecular weight excluding hydrogens is 328 g/mol. The fourth-order valence-electron chi connectivity index (χ4n) is 4.27. The number of unbranched alkanes of at least 4 members (excludes halogenated alkanes) is 2. The Morgan fingerprint density at radius 1 is 0.750 bits per heavy atom. The summed E-state index contributed by atoms with van der Waals surface area (Å²) >= 11 is 4.08. The molecular formula is C22H34S2. The van der Waals surface area contributed by atoms with Gasteiger partial charge in [-0.25, -0.2) is 0 Å². The van der Waals surface area contributed by atoms with E-state index in [9.17, 15) is 0 Å². The van der Waals surface area contributed by atoms with E-state index in [4.69, 9.17) is 0 Å². The number of hydrogen-bond donors (Lipinski definition) is 0. The molecule has 0 nitrogen and oxygen atoms in total. The van der Waals surface area contributed by atoms with Crippen LogP contribution >= 0.6 is 22.7 Å². The molecule has 0 bridgehead atoms. The van der Waals surface area contributed by atoms with Crippen molar-refractivity contribution in [2.75, 3.05) is 0 Å². The van der Waals surface area contributed by atoms with Crippen molar-refractivity contribution in [2.45, 2.75) is 90.9 Å². The van der Waals surface area contributed by atoms with Gasteiger partial charge in [0.25, 0.3) is 0 Å². The third-order valence-electron chi connectivity index (χ3n) is 5.79. The Labute approximate surface area is 156 Å². The molecule has 0 atom stereocenters. The van der Waals surface area contributed by atoms with Crippen LogP contribution < -0.4 is 0 Å². The van der Waals surface area contributed by atoms with E-state index >= 15 is 0 Å². The van der Waals surface area contributed by atoms with Crippen LogP contribution in [-0.2, 0) is 12.8 Å². The van der Waals surface area contributed by atoms with Crippen molar-refractivity contribution in [3.8, 4) is 0 Å². The molecule has 1 aliphatic rings. The Kier molecular flexibility index (Phi) is 7.21. The first-order valence-corrected chi connectivity index (χ1v) is 11.9. The second-order valence-electron chi connectivity index (χ2n) is 7.83. The van der Waals surface area contributed by atoms with Gasteiger partial charge in [-0.15, -0.1) is 22.7 Å². The standard InChI is InChI=1S/C22H34S2/c1-3-5-6-8-17-9-11-18(12-10-17)13-14-20-16-22-21(24-20)15-19(23-22)7-4-2/h15-18H,3-14H2,1-2H3/t17-,18-. The van der Waals surface area contributed by atoms with Gasteiger partial charge in [0.05, 0.1) is 0 Å². The van der Waals surface area contributed by atoms with E-state index < -0.39 is 0 Å². The number of thiophene rings is 2. The number of fused-ring (bicyclic) bond motifs is 1. The van der Waals surface area contributed by atoms with Crippen LogP contribution in [0.1, 0.15) is 87.8 Å². The molecule has 3 rings (SSSR count). The molecule has 24 heavy (non-hydrogen) atoms. The van der Waals surface area contributed by atoms with E-state index in [0.29, 0.717) is 0 Å². The van der Waals surface area contributed by atoms with E-state index in [-0.39, 0.29) is 0 Å². The summed E-state index contributed by atoms with van der Waals surface area (Å²) in [6.45, 7) is 4.59. The Hall–Kier alpha value is -0.340. The Bertz CT molecular complexity index is 567. The highest BCUT2D eigenvalue weighted by Gasteiger charge is 2.21. The van der Waals surface area contributed by atoms with Gasteiger partial charge in [0.15, 0.2) is 0 Å². The maximum Gasteiger partial charge on any atom is 0.0456 e. The maximum atomic E-state index is 2.49. The van der Waals surface area contributed by atoms with Gasteiger partial charge >= 0.3 is 0 Å². The molecule has 2 heterocycles. The molecule has 134 valence electrons. The molecule has 2 heteroatoms. The predicted octanol–water partition coefficient (Wildman–Crippen LogP) is 8.23. The van der Waals surface area contributed by atoms with Crippen molar-refractivity contribution < 1.29 is 0 Å². The highest BCUT2D eigenvalue weighted by molar-refractivity contribution is 7.27. The third-order valence-corrected chi connectivity index (χ3v) is 8.20. The van der Waals surface area contributed by atoms with E-state index in [1.165, 1.54) is 86.4 Å². The zero-order valence-corrected chi connectivity index (χ0v) is 17.2. The fourth-order valence-corrected chi connectivity index (χ4v) is 6.83. The molecule has 0 amide bonds. The second kappa shape index (κ2) is 9.38. The molecule has 0 aromatic carbocycles. The van der Waals surface area contributed by atoms with E-state index in [1.54, 1.807) is 9.75 Å². The van der Waals surface area contributed by atoms with Crippen LogP contribution in [0.5, 0.6) is 0 Å². The first-order chi connectivity index (χ1) is 11.8. The largest absolute Gasteiger partial charge is 0.139 e. The van der Waals surface area contributed by atoms with Crippen LogP contribution in [0.15, 0.2) is 12.1 Å². The van der Waals surface area contributed by atoms with Crippen LogP contribution in [0.2, 0.25) is 0 Å². The predicted molar refractivity (Wildman–Crippen MR) is 112 cm³/mol. The van der Waals surface area contributed by atoms with Crippen LogP contribution in [-0.4, -0.2) is 0 Å². The van der Waals surface area contributed by atoms with Gasteiger partial charge in [-0.2, -0.15) is 0 Å². The lowest BCUT2D eigenvalue weighted by Crippen LogP contribution is -2.15. The molecule has 2 aromatic heterocycles. The van der Waals surface area contributed by atoms with Crippen molar-refractivity contribution in [3.05, 3.63) is 21.9 Å². The van der Waals surface area contributed by atoms with Crippen molar-refractivity contribution >= 4 is 32.1 Å². The smallest absolute Gasteiger partial charge is 0.0456 e. The summed E-state index contributed by atoms with van der Waals surface area (Å²) in [5.41, 5.74) is 0. The zero-order chi connectivity index (χ0) is 16.8. The minimum absolute atomic E-state index is 1.00. The quantitative estimate of drug-likeness (QED) is 0.394. The first kappa shape index (κ1) is 18.5. The molecule has 0 spiro atoms. The fraction of sp³-hybridized carbons (Fsp3) is 0.727. The van der Waals surface area contributed by atoms with Crippen LogP contribution in [0, 0.1) is 11.8 Å². The minimum atomic E-state index is 1.00. The lowest BCUT2D eigenvalue weighted by Gasteiger charge is -2.28. The summed E-state index contributed by atoms with van der Waals surface area (Å²) in [5, 5.41) is 0. The van der Waals surface area contributed by atoms with Gasteiger partial charge in [-0.1, -0.05) is 71.6 Å². The molecule has 1 fully saturated rings. The summed E-state index contributed by atoms with van der Waals surface area (Å²) < 4.78 is 3.08. The molecule has 2 aromatic rings. The van der Waals surface area contributed by atoms with Gasteiger partial charge in [0.2, 0.25) is 0 Å². The van der Waals surface area contributed by atoms with Crippen molar-refractivity contribution in [3.63, 3.8) is 0 Å². The molecule has 0 N–H and O–H groups in total. The van der Waals surface area contributed by atoms with Crippen molar-refractivity contribution in [1.29, 1.82) is 0 Å². The van der Waals surface area contributed by atoms with Gasteiger partial charge in [-0.3, -0.25) is 0 Å². The second-order valence-corrected chi connectivity index (χ2v) is 10.2. The van der Waals surface area contributed by atoms with Gasteiger partial charge in [-0.05, 0) is 43.2 Å². The third kappa shape index (κ3) is 5.08. The van der Waals surface area contributed by atoms with E-state index in [1.807, 2.05) is 11.3 Å². The van der Waals surface area contributed by atoms with Crippen LogP contribution in [0.4, 0.5) is 0 Å². The number of rotatable bonds is 9.